The number of carboxylic acids is 1. The summed E-state index contributed by atoms with van der Waals surface area (Å²) in [7, 11) is 1.49. The van der Waals surface area contributed by atoms with Gasteiger partial charge in [-0.3, -0.25) is 14.2 Å². The molecule has 0 aliphatic carbocycles. The largest absolute Gasteiger partial charge is 0.573 e. The van der Waals surface area contributed by atoms with E-state index in [-0.39, 0.29) is 11.5 Å². The number of carboxylic acid groups (broad SMARTS) is 1. The summed E-state index contributed by atoms with van der Waals surface area (Å²) in [6.45, 7) is 5.40. The van der Waals surface area contributed by atoms with E-state index >= 15 is 0 Å². The van der Waals surface area contributed by atoms with Crippen molar-refractivity contribution in [1.29, 1.82) is 0 Å². The first-order valence-corrected chi connectivity index (χ1v) is 10.3. The van der Waals surface area contributed by atoms with Crippen molar-refractivity contribution in [2.24, 2.45) is 5.92 Å². The molecule has 33 heavy (non-hydrogen) atoms. The summed E-state index contributed by atoms with van der Waals surface area (Å²) in [5.41, 5.74) is 1.57. The number of carbonyl (C=O) groups is 2. The number of nitrogens with zero attached hydrogens (tertiary/aromatic N) is 1. The molecule has 0 amide bonds. The van der Waals surface area contributed by atoms with E-state index < -0.39 is 29.9 Å². The van der Waals surface area contributed by atoms with Gasteiger partial charge in [-0.15, -0.1) is 13.2 Å². The van der Waals surface area contributed by atoms with E-state index in [1.807, 2.05) is 13.8 Å². The fourth-order valence-corrected chi connectivity index (χ4v) is 4.02. The van der Waals surface area contributed by atoms with Gasteiger partial charge in [-0.05, 0) is 60.9 Å². The molecule has 0 aliphatic heterocycles. The van der Waals surface area contributed by atoms with Crippen LogP contribution in [0, 0.1) is 12.8 Å². The zero-order valence-electron chi connectivity index (χ0n) is 18.6. The number of aromatic nitrogens is 1. The minimum Gasteiger partial charge on any atom is -0.497 e. The zero-order valence-corrected chi connectivity index (χ0v) is 18.6. The number of ether oxygens (including phenoxy) is 2. The van der Waals surface area contributed by atoms with Crippen molar-refractivity contribution in [3.63, 3.8) is 0 Å². The first-order chi connectivity index (χ1) is 15.5. The lowest BCUT2D eigenvalue weighted by molar-refractivity contribution is -0.274. The van der Waals surface area contributed by atoms with Gasteiger partial charge in [0.15, 0.2) is 0 Å². The number of methoxy groups -OCH3 is 1. The molecule has 1 N–H and O–H groups in total. The van der Waals surface area contributed by atoms with E-state index in [1.165, 1.54) is 23.8 Å². The Balaban J connectivity index is 2.18. The smallest absolute Gasteiger partial charge is 0.497 e. The second-order valence-electron chi connectivity index (χ2n) is 7.80. The number of aliphatic carboxylic acids is 1. The normalized spacial score (nSPS) is 13.5. The topological polar surface area (TPSA) is 77.8 Å². The molecule has 0 fully saturated rings. The molecule has 0 spiro atoms. The SMILES string of the molecule is CC[C@H](C)C(C(=O)O)c1c(C)n(C(=O)c2ccc(OC(F)(F)F)cc2)c2ccc(OC)cc12. The minimum atomic E-state index is -4.84. The third kappa shape index (κ3) is 4.81. The maximum Gasteiger partial charge on any atom is 0.573 e. The third-order valence-electron chi connectivity index (χ3n) is 5.79. The van der Waals surface area contributed by atoms with E-state index in [0.29, 0.717) is 34.3 Å². The summed E-state index contributed by atoms with van der Waals surface area (Å²) in [5.74, 6) is -2.51. The highest BCUT2D eigenvalue weighted by Crippen LogP contribution is 2.39. The van der Waals surface area contributed by atoms with Crippen LogP contribution in [-0.2, 0) is 4.79 Å². The molecule has 2 atom stereocenters. The Bertz CT molecular complexity index is 1180. The molecule has 176 valence electrons. The predicted molar refractivity (Wildman–Crippen MR) is 116 cm³/mol. The highest BCUT2D eigenvalue weighted by atomic mass is 19.4. The Kier molecular flexibility index (Phi) is 6.71. The Morgan fingerprint density at radius 2 is 1.70 bits per heavy atom. The number of hydrogen-bond donors (Lipinski definition) is 1. The number of rotatable bonds is 7. The maximum atomic E-state index is 13.4. The van der Waals surface area contributed by atoms with Gasteiger partial charge >= 0.3 is 12.3 Å². The Hall–Kier alpha value is -3.49. The highest BCUT2D eigenvalue weighted by Gasteiger charge is 2.33. The summed E-state index contributed by atoms with van der Waals surface area (Å²) < 4.78 is 47.9. The highest BCUT2D eigenvalue weighted by molar-refractivity contribution is 6.05. The number of hydrogen-bond acceptors (Lipinski definition) is 4. The summed E-state index contributed by atoms with van der Waals surface area (Å²) >= 11 is 0. The van der Waals surface area contributed by atoms with Crippen molar-refractivity contribution >= 4 is 22.8 Å². The third-order valence-corrected chi connectivity index (χ3v) is 5.79. The van der Waals surface area contributed by atoms with Gasteiger partial charge in [-0.2, -0.15) is 0 Å². The molecular formula is C24H24F3NO5. The number of fused-ring (bicyclic) bond motifs is 1. The molecule has 1 heterocycles. The fraction of sp³-hybridized carbons (Fsp3) is 0.333. The van der Waals surface area contributed by atoms with Gasteiger partial charge in [0.2, 0.25) is 0 Å². The lowest BCUT2D eigenvalue weighted by atomic mass is 9.84. The first kappa shape index (κ1) is 24.2. The lowest BCUT2D eigenvalue weighted by Crippen LogP contribution is -2.21. The Labute approximate surface area is 188 Å². The van der Waals surface area contributed by atoms with Gasteiger partial charge in [0.05, 0.1) is 18.5 Å². The lowest BCUT2D eigenvalue weighted by Gasteiger charge is -2.20. The van der Waals surface area contributed by atoms with Gasteiger partial charge in [0.25, 0.3) is 5.91 Å². The van der Waals surface area contributed by atoms with Gasteiger partial charge < -0.3 is 14.6 Å². The molecule has 0 radical (unpaired) electrons. The summed E-state index contributed by atoms with van der Waals surface area (Å²) in [6, 6.07) is 9.62. The first-order valence-electron chi connectivity index (χ1n) is 10.3. The van der Waals surface area contributed by atoms with Crippen molar-refractivity contribution in [2.45, 2.75) is 39.5 Å². The van der Waals surface area contributed by atoms with Crippen LogP contribution in [0.2, 0.25) is 0 Å². The number of carbonyl (C=O) groups excluding carboxylic acids is 1. The quantitative estimate of drug-likeness (QED) is 0.482. The Morgan fingerprint density at radius 3 is 2.21 bits per heavy atom. The molecule has 9 heteroatoms. The molecule has 3 rings (SSSR count). The van der Waals surface area contributed by atoms with Crippen LogP contribution in [0.4, 0.5) is 13.2 Å². The molecule has 0 saturated carbocycles. The van der Waals surface area contributed by atoms with Crippen molar-refractivity contribution in [2.75, 3.05) is 7.11 Å². The van der Waals surface area contributed by atoms with E-state index in [4.69, 9.17) is 4.74 Å². The van der Waals surface area contributed by atoms with Crippen molar-refractivity contribution in [3.05, 3.63) is 59.3 Å². The molecule has 1 aromatic heterocycles. The van der Waals surface area contributed by atoms with Crippen LogP contribution < -0.4 is 9.47 Å². The molecule has 2 aromatic carbocycles. The van der Waals surface area contributed by atoms with E-state index in [1.54, 1.807) is 25.1 Å². The number of halogens is 3. The Morgan fingerprint density at radius 1 is 1.09 bits per heavy atom. The minimum absolute atomic E-state index is 0.127. The van der Waals surface area contributed by atoms with Crippen molar-refractivity contribution in [3.8, 4) is 11.5 Å². The number of alkyl halides is 3. The van der Waals surface area contributed by atoms with E-state index in [9.17, 15) is 27.9 Å². The van der Waals surface area contributed by atoms with Crippen LogP contribution in [-0.4, -0.2) is 35.0 Å². The zero-order chi connectivity index (χ0) is 24.5. The second-order valence-corrected chi connectivity index (χ2v) is 7.80. The molecule has 1 unspecified atom stereocenters. The van der Waals surface area contributed by atoms with Crippen LogP contribution in [0.1, 0.15) is 47.8 Å². The molecule has 3 aromatic rings. The van der Waals surface area contributed by atoms with Gasteiger partial charge in [0, 0.05) is 16.6 Å². The van der Waals surface area contributed by atoms with Crippen LogP contribution in [0.15, 0.2) is 42.5 Å². The average molecular weight is 463 g/mol. The molecule has 0 saturated heterocycles. The van der Waals surface area contributed by atoms with Crippen molar-refractivity contribution in [1.82, 2.24) is 4.57 Å². The van der Waals surface area contributed by atoms with Crippen LogP contribution in [0.25, 0.3) is 10.9 Å². The van der Waals surface area contributed by atoms with E-state index in [0.717, 1.165) is 12.1 Å². The number of benzene rings is 2. The van der Waals surface area contributed by atoms with Gasteiger partial charge in [-0.25, -0.2) is 0 Å². The summed E-state index contributed by atoms with van der Waals surface area (Å²) in [6.07, 6.45) is -4.23. The average Bonchev–Trinajstić information content (AvgIpc) is 3.03. The van der Waals surface area contributed by atoms with Crippen LogP contribution in [0.3, 0.4) is 0 Å². The van der Waals surface area contributed by atoms with Gasteiger partial charge in [0.1, 0.15) is 11.5 Å². The van der Waals surface area contributed by atoms with Crippen LogP contribution >= 0.6 is 0 Å². The summed E-state index contributed by atoms with van der Waals surface area (Å²) in [4.78, 5) is 25.6. The van der Waals surface area contributed by atoms with Gasteiger partial charge in [-0.1, -0.05) is 20.3 Å². The van der Waals surface area contributed by atoms with E-state index in [2.05, 4.69) is 4.74 Å². The summed E-state index contributed by atoms with van der Waals surface area (Å²) in [5, 5.41) is 10.6. The molecular weight excluding hydrogens is 439 g/mol. The fourth-order valence-electron chi connectivity index (χ4n) is 4.02. The molecule has 0 aliphatic rings. The molecule has 0 bridgehead atoms. The van der Waals surface area contributed by atoms with Crippen molar-refractivity contribution < 1.29 is 37.3 Å². The standard InChI is InChI=1S/C24H24F3NO5/c1-5-13(2)20(23(30)31)21-14(3)28(19-11-10-17(32-4)12-18(19)21)22(29)15-6-8-16(9-7-15)33-24(25,26)27/h6-13,20H,5H2,1-4H3,(H,30,31)/t13-,20?/m0/s1. The maximum absolute atomic E-state index is 13.4. The monoisotopic (exact) mass is 463 g/mol. The second kappa shape index (κ2) is 9.17. The molecule has 6 nitrogen and oxygen atoms in total. The van der Waals surface area contributed by atoms with Crippen LogP contribution in [0.5, 0.6) is 11.5 Å². The predicted octanol–water partition coefficient (Wildman–Crippen LogP) is 5.76.